The highest BCUT2D eigenvalue weighted by atomic mass is 15.4. The molecule has 4 nitrogen and oxygen atoms in total. The molecule has 4 heteroatoms. The van der Waals surface area contributed by atoms with E-state index in [-0.39, 0.29) is 0 Å². The van der Waals surface area contributed by atoms with Gasteiger partial charge in [0.05, 0.1) is 0 Å². The van der Waals surface area contributed by atoms with E-state index >= 15 is 0 Å². The average molecular weight is 213 g/mol. The fourth-order valence-corrected chi connectivity index (χ4v) is 1.56. The minimum Gasteiger partial charge on any atom is -0.435 e. The predicted molar refractivity (Wildman–Crippen MR) is 64.5 cm³/mol. The van der Waals surface area contributed by atoms with E-state index in [2.05, 4.69) is 28.6 Å². The molecule has 16 heavy (non-hydrogen) atoms. The highest BCUT2D eigenvalue weighted by Gasteiger charge is 2.03. The van der Waals surface area contributed by atoms with Crippen molar-refractivity contribution < 1.29 is 0 Å². The Morgan fingerprint density at radius 1 is 1.38 bits per heavy atom. The van der Waals surface area contributed by atoms with Crippen molar-refractivity contribution >= 4 is 5.82 Å². The third-order valence-electron chi connectivity index (χ3n) is 2.21. The van der Waals surface area contributed by atoms with Crippen molar-refractivity contribution in [3.8, 4) is 0 Å². The Morgan fingerprint density at radius 3 is 2.69 bits per heavy atom. The molecule has 0 unspecified atom stereocenters. The second-order valence-corrected chi connectivity index (χ2v) is 3.57. The van der Waals surface area contributed by atoms with Crippen LogP contribution in [0.2, 0.25) is 0 Å². The molecule has 1 aliphatic heterocycles. The lowest BCUT2D eigenvalue weighted by molar-refractivity contribution is 0.850. The van der Waals surface area contributed by atoms with E-state index in [1.165, 1.54) is 0 Å². The van der Waals surface area contributed by atoms with E-state index < -0.39 is 0 Å². The van der Waals surface area contributed by atoms with Crippen LogP contribution in [0, 0.1) is 13.8 Å². The first-order valence-electron chi connectivity index (χ1n) is 4.97. The lowest BCUT2D eigenvalue weighted by Crippen LogP contribution is -2.04. The molecule has 0 saturated carbocycles. The van der Waals surface area contributed by atoms with E-state index in [1.54, 1.807) is 10.8 Å². The lowest BCUT2D eigenvalue weighted by Gasteiger charge is -2.26. The maximum absolute atomic E-state index is 4.33. The van der Waals surface area contributed by atoms with Gasteiger partial charge in [-0.05, 0) is 30.9 Å². The molecule has 0 aromatic carbocycles. The van der Waals surface area contributed by atoms with Gasteiger partial charge in [-0.2, -0.15) is 0 Å². The van der Waals surface area contributed by atoms with Gasteiger partial charge in [0.25, 0.3) is 0 Å². The first-order chi connectivity index (χ1) is 7.60. The highest BCUT2D eigenvalue weighted by molar-refractivity contribution is 5.71. The van der Waals surface area contributed by atoms with Gasteiger partial charge in [-0.1, -0.05) is 31.4 Å². The zero-order valence-corrected chi connectivity index (χ0v) is 9.44. The Bertz CT molecular complexity index is 517. The molecular formula is C12H13N4-. The van der Waals surface area contributed by atoms with E-state index in [4.69, 9.17) is 0 Å². The Hall–Kier alpha value is -2.10. The summed E-state index contributed by atoms with van der Waals surface area (Å²) in [6.07, 6.45) is 5.54. The monoisotopic (exact) mass is 213 g/mol. The van der Waals surface area contributed by atoms with Crippen LogP contribution in [-0.2, 0) is 0 Å². The number of aromatic nitrogens is 3. The van der Waals surface area contributed by atoms with Crippen molar-refractivity contribution in [3.05, 3.63) is 59.6 Å². The van der Waals surface area contributed by atoms with Crippen LogP contribution in [0.4, 0.5) is 0 Å². The van der Waals surface area contributed by atoms with E-state index in [0.29, 0.717) is 5.70 Å². The van der Waals surface area contributed by atoms with Crippen molar-refractivity contribution in [2.45, 2.75) is 13.8 Å². The highest BCUT2D eigenvalue weighted by Crippen LogP contribution is 2.27. The first kappa shape index (κ1) is 10.4. The van der Waals surface area contributed by atoms with Crippen molar-refractivity contribution in [1.82, 2.24) is 14.8 Å². The second-order valence-electron chi connectivity index (χ2n) is 3.57. The summed E-state index contributed by atoms with van der Waals surface area (Å²) >= 11 is 0. The molecule has 82 valence electrons. The maximum atomic E-state index is 4.33. The zero-order chi connectivity index (χ0) is 11.7. The number of hydrogen-bond donors (Lipinski definition) is 0. The third kappa shape index (κ3) is 1.82. The first-order valence-corrected chi connectivity index (χ1v) is 4.97. The number of nitrogens with zero attached hydrogens (tertiary/aromatic N) is 4. The summed E-state index contributed by atoms with van der Waals surface area (Å²) in [4.78, 5) is 4.24. The second kappa shape index (κ2) is 3.81. The summed E-state index contributed by atoms with van der Waals surface area (Å²) in [6, 6.07) is 0. The summed E-state index contributed by atoms with van der Waals surface area (Å²) < 4.78 is 1.71. The fourth-order valence-electron chi connectivity index (χ4n) is 1.56. The molecule has 0 N–H and O–H groups in total. The van der Waals surface area contributed by atoms with Crippen molar-refractivity contribution in [2.24, 2.45) is 0 Å². The molecule has 2 heterocycles. The number of aryl methyl sites for hydroxylation is 2. The van der Waals surface area contributed by atoms with E-state index in [1.807, 2.05) is 26.0 Å². The van der Waals surface area contributed by atoms with Gasteiger partial charge in [-0.15, -0.1) is 0 Å². The molecule has 1 aromatic heterocycles. The standard InChI is InChI=1S/C12H13N4/c1-5-11-6-8(2)13-12(7-11)16-10(4)14-9(3)15-16/h5-7H,1-2H2,3-4H3/q-1. The number of allylic oxidation sites excluding steroid dienone is 4. The summed E-state index contributed by atoms with van der Waals surface area (Å²) in [5.41, 5.74) is 1.67. The Kier molecular flexibility index (Phi) is 2.48. The van der Waals surface area contributed by atoms with Crippen molar-refractivity contribution in [1.29, 1.82) is 0 Å². The normalized spacial score (nSPS) is 15.2. The van der Waals surface area contributed by atoms with Crippen molar-refractivity contribution in [2.75, 3.05) is 0 Å². The van der Waals surface area contributed by atoms with Crippen LogP contribution >= 0.6 is 0 Å². The molecule has 1 aliphatic rings. The van der Waals surface area contributed by atoms with Crippen LogP contribution in [-0.4, -0.2) is 14.8 Å². The maximum Gasteiger partial charge on any atom is 0.124 e. The predicted octanol–water partition coefficient (Wildman–Crippen LogP) is 2.71. The molecule has 0 atom stereocenters. The summed E-state index contributed by atoms with van der Waals surface area (Å²) in [5.74, 6) is 2.26. The van der Waals surface area contributed by atoms with Crippen LogP contribution in [0.25, 0.3) is 11.1 Å². The minimum atomic E-state index is 0.694. The Balaban J connectivity index is 2.45. The molecule has 0 aliphatic carbocycles. The molecule has 2 rings (SSSR count). The topological polar surface area (TPSA) is 44.8 Å². The van der Waals surface area contributed by atoms with E-state index in [0.717, 1.165) is 23.0 Å². The number of rotatable bonds is 2. The van der Waals surface area contributed by atoms with Gasteiger partial charge in [0.2, 0.25) is 0 Å². The van der Waals surface area contributed by atoms with Gasteiger partial charge < -0.3 is 10.00 Å². The summed E-state index contributed by atoms with van der Waals surface area (Å²) in [7, 11) is 0. The smallest absolute Gasteiger partial charge is 0.124 e. The SMILES string of the molecule is C=CC1=CC(=C)[N-]C(n2nc(C)nc2C)=C1. The van der Waals surface area contributed by atoms with E-state index in [9.17, 15) is 0 Å². The summed E-state index contributed by atoms with van der Waals surface area (Å²) in [5, 5.41) is 8.61. The minimum absolute atomic E-state index is 0.694. The van der Waals surface area contributed by atoms with Crippen LogP contribution in [0.5, 0.6) is 0 Å². The van der Waals surface area contributed by atoms with Gasteiger partial charge >= 0.3 is 0 Å². The molecule has 0 bridgehead atoms. The summed E-state index contributed by atoms with van der Waals surface area (Å²) in [6.45, 7) is 11.3. The van der Waals surface area contributed by atoms with Gasteiger partial charge in [0.1, 0.15) is 5.82 Å². The average Bonchev–Trinajstić information content (AvgIpc) is 2.57. The fraction of sp³-hybridized carbons (Fsp3) is 0.167. The van der Waals surface area contributed by atoms with Gasteiger partial charge in [-0.25, -0.2) is 10.1 Å². The quantitative estimate of drug-likeness (QED) is 0.758. The number of hydrogen-bond acceptors (Lipinski definition) is 2. The third-order valence-corrected chi connectivity index (χ3v) is 2.21. The lowest BCUT2D eigenvalue weighted by atomic mass is 10.1. The molecule has 0 spiro atoms. The molecule has 1 aromatic rings. The molecule has 0 amide bonds. The largest absolute Gasteiger partial charge is 0.435 e. The molecule has 0 saturated heterocycles. The van der Waals surface area contributed by atoms with Crippen LogP contribution in [0.15, 0.2) is 42.7 Å². The molecule has 0 fully saturated rings. The Morgan fingerprint density at radius 2 is 2.12 bits per heavy atom. The molecular weight excluding hydrogens is 200 g/mol. The van der Waals surface area contributed by atoms with Gasteiger partial charge in [0, 0.05) is 5.82 Å². The molecule has 0 radical (unpaired) electrons. The van der Waals surface area contributed by atoms with Crippen LogP contribution < -0.4 is 0 Å². The Labute approximate surface area is 94.7 Å². The van der Waals surface area contributed by atoms with Crippen molar-refractivity contribution in [3.63, 3.8) is 0 Å². The zero-order valence-electron chi connectivity index (χ0n) is 9.44. The van der Waals surface area contributed by atoms with Crippen LogP contribution in [0.1, 0.15) is 11.6 Å². The van der Waals surface area contributed by atoms with Gasteiger partial charge in [-0.3, -0.25) is 0 Å². The van der Waals surface area contributed by atoms with Gasteiger partial charge in [0.15, 0.2) is 0 Å². The van der Waals surface area contributed by atoms with Crippen LogP contribution in [0.3, 0.4) is 0 Å².